The van der Waals surface area contributed by atoms with Gasteiger partial charge in [0.1, 0.15) is 0 Å². The Labute approximate surface area is 98.5 Å². The predicted octanol–water partition coefficient (Wildman–Crippen LogP) is 1.43. The highest BCUT2D eigenvalue weighted by Gasteiger charge is 2.50. The van der Waals surface area contributed by atoms with Crippen molar-refractivity contribution in [1.82, 2.24) is 4.98 Å². The third-order valence-electron chi connectivity index (χ3n) is 3.31. The Morgan fingerprint density at radius 1 is 1.75 bits per heavy atom. The molecule has 0 bridgehead atoms. The minimum Gasteiger partial charge on any atom is -0.481 e. The molecule has 0 spiro atoms. The number of hydrogen-bond donors (Lipinski definition) is 2. The average molecular weight is 240 g/mol. The van der Waals surface area contributed by atoms with E-state index >= 15 is 0 Å². The summed E-state index contributed by atoms with van der Waals surface area (Å²) in [6.45, 7) is 2.12. The van der Waals surface area contributed by atoms with E-state index in [4.69, 9.17) is 5.73 Å². The van der Waals surface area contributed by atoms with Crippen molar-refractivity contribution >= 4 is 17.3 Å². The Kier molecular flexibility index (Phi) is 2.99. The molecule has 1 atom stereocenters. The van der Waals surface area contributed by atoms with Crippen molar-refractivity contribution in [3.63, 3.8) is 0 Å². The largest absolute Gasteiger partial charge is 0.481 e. The van der Waals surface area contributed by atoms with Crippen LogP contribution in [0, 0.1) is 18.3 Å². The number of hydrogen-bond acceptors (Lipinski definition) is 4. The summed E-state index contributed by atoms with van der Waals surface area (Å²) < 4.78 is 0. The summed E-state index contributed by atoms with van der Waals surface area (Å²) in [5, 5.41) is 12.3. The number of carboxylic acids is 1. The van der Waals surface area contributed by atoms with Crippen LogP contribution in [0.25, 0.3) is 0 Å². The van der Waals surface area contributed by atoms with E-state index < -0.39 is 11.4 Å². The SMILES string of the molecule is Cc1nc(CC(CN)(C(=O)O)C2CC2)cs1. The molecule has 3 N–H and O–H groups in total. The van der Waals surface area contributed by atoms with E-state index in [1.807, 2.05) is 12.3 Å². The molecular weight excluding hydrogens is 224 g/mol. The molecular formula is C11H16N2O2S. The minimum absolute atomic E-state index is 0.198. The predicted molar refractivity (Wildman–Crippen MR) is 62.4 cm³/mol. The molecule has 1 fully saturated rings. The van der Waals surface area contributed by atoms with Gasteiger partial charge in [-0.15, -0.1) is 11.3 Å². The summed E-state index contributed by atoms with van der Waals surface area (Å²) in [6.07, 6.45) is 2.42. The summed E-state index contributed by atoms with van der Waals surface area (Å²) >= 11 is 1.55. The topological polar surface area (TPSA) is 76.2 Å². The normalized spacial score (nSPS) is 19.4. The zero-order valence-electron chi connectivity index (χ0n) is 9.27. The fourth-order valence-electron chi connectivity index (χ4n) is 2.17. The number of aryl methyl sites for hydroxylation is 1. The smallest absolute Gasteiger partial charge is 0.311 e. The van der Waals surface area contributed by atoms with Crippen LogP contribution in [0.4, 0.5) is 0 Å². The standard InChI is InChI=1S/C11H16N2O2S/c1-7-13-9(5-16-7)4-11(6-12,10(14)15)8-2-3-8/h5,8H,2-4,6,12H2,1H3,(H,14,15). The van der Waals surface area contributed by atoms with Crippen LogP contribution < -0.4 is 5.73 Å². The fourth-order valence-corrected chi connectivity index (χ4v) is 2.78. The summed E-state index contributed by atoms with van der Waals surface area (Å²) in [4.78, 5) is 15.8. The van der Waals surface area contributed by atoms with Crippen molar-refractivity contribution in [2.45, 2.75) is 26.2 Å². The number of nitrogens with zero attached hydrogens (tertiary/aromatic N) is 1. The van der Waals surface area contributed by atoms with Gasteiger partial charge in [-0.3, -0.25) is 4.79 Å². The number of aliphatic carboxylic acids is 1. The Morgan fingerprint density at radius 3 is 2.81 bits per heavy atom. The quantitative estimate of drug-likeness (QED) is 0.816. The van der Waals surface area contributed by atoms with Gasteiger partial charge in [-0.1, -0.05) is 0 Å². The maximum atomic E-state index is 11.4. The first-order valence-electron chi connectivity index (χ1n) is 5.43. The van der Waals surface area contributed by atoms with Gasteiger partial charge in [0.2, 0.25) is 0 Å². The maximum absolute atomic E-state index is 11.4. The molecule has 5 heteroatoms. The molecule has 1 aliphatic carbocycles. The average Bonchev–Trinajstić information content (AvgIpc) is 3.00. The highest BCUT2D eigenvalue weighted by Crippen LogP contribution is 2.47. The van der Waals surface area contributed by atoms with Crippen LogP contribution in [0.15, 0.2) is 5.38 Å². The van der Waals surface area contributed by atoms with Gasteiger partial charge in [0.15, 0.2) is 0 Å². The van der Waals surface area contributed by atoms with Crippen molar-refractivity contribution < 1.29 is 9.90 Å². The lowest BCUT2D eigenvalue weighted by molar-refractivity contribution is -0.149. The molecule has 0 radical (unpaired) electrons. The van der Waals surface area contributed by atoms with E-state index in [0.717, 1.165) is 23.5 Å². The Balaban J connectivity index is 2.22. The second kappa shape index (κ2) is 4.14. The number of carbonyl (C=O) groups is 1. The Morgan fingerprint density at radius 2 is 2.44 bits per heavy atom. The van der Waals surface area contributed by atoms with Crippen LogP contribution in [0.5, 0.6) is 0 Å². The van der Waals surface area contributed by atoms with E-state index in [0.29, 0.717) is 6.42 Å². The molecule has 1 aromatic heterocycles. The summed E-state index contributed by atoms with van der Waals surface area (Å²) in [7, 11) is 0. The van der Waals surface area contributed by atoms with Gasteiger partial charge in [-0.25, -0.2) is 4.98 Å². The monoisotopic (exact) mass is 240 g/mol. The van der Waals surface area contributed by atoms with Crippen LogP contribution in [-0.4, -0.2) is 22.6 Å². The molecule has 0 aromatic carbocycles. The zero-order valence-corrected chi connectivity index (χ0v) is 10.1. The number of nitrogens with two attached hydrogens (primary N) is 1. The van der Waals surface area contributed by atoms with E-state index in [-0.39, 0.29) is 12.5 Å². The molecule has 2 rings (SSSR count). The number of aromatic nitrogens is 1. The Bertz CT molecular complexity index is 400. The minimum atomic E-state index is -0.791. The van der Waals surface area contributed by atoms with E-state index in [2.05, 4.69) is 4.98 Å². The van der Waals surface area contributed by atoms with Crippen molar-refractivity contribution in [2.24, 2.45) is 17.1 Å². The number of thiazole rings is 1. The van der Waals surface area contributed by atoms with Crippen molar-refractivity contribution in [3.8, 4) is 0 Å². The molecule has 16 heavy (non-hydrogen) atoms. The fraction of sp³-hybridized carbons (Fsp3) is 0.636. The van der Waals surface area contributed by atoms with Crippen LogP contribution >= 0.6 is 11.3 Å². The summed E-state index contributed by atoms with van der Waals surface area (Å²) in [5.74, 6) is -0.542. The van der Waals surface area contributed by atoms with E-state index in [1.54, 1.807) is 11.3 Å². The summed E-state index contributed by atoms with van der Waals surface area (Å²) in [5.41, 5.74) is 5.77. The number of rotatable bonds is 5. The lowest BCUT2D eigenvalue weighted by Gasteiger charge is -2.26. The van der Waals surface area contributed by atoms with Crippen molar-refractivity contribution in [3.05, 3.63) is 16.1 Å². The van der Waals surface area contributed by atoms with Gasteiger partial charge < -0.3 is 10.8 Å². The van der Waals surface area contributed by atoms with Crippen molar-refractivity contribution in [1.29, 1.82) is 0 Å². The molecule has 88 valence electrons. The first-order valence-corrected chi connectivity index (χ1v) is 6.31. The van der Waals surface area contributed by atoms with Crippen LogP contribution in [-0.2, 0) is 11.2 Å². The third-order valence-corrected chi connectivity index (χ3v) is 4.13. The third kappa shape index (κ3) is 1.97. The van der Waals surface area contributed by atoms with Gasteiger partial charge in [-0.05, 0) is 25.7 Å². The second-order valence-corrected chi connectivity index (χ2v) is 5.54. The second-order valence-electron chi connectivity index (χ2n) is 4.47. The molecule has 0 amide bonds. The molecule has 1 unspecified atom stereocenters. The maximum Gasteiger partial charge on any atom is 0.311 e. The molecule has 1 aliphatic rings. The van der Waals surface area contributed by atoms with Crippen LogP contribution in [0.3, 0.4) is 0 Å². The highest BCUT2D eigenvalue weighted by atomic mass is 32.1. The first kappa shape index (κ1) is 11.5. The van der Waals surface area contributed by atoms with E-state index in [9.17, 15) is 9.90 Å². The van der Waals surface area contributed by atoms with E-state index in [1.165, 1.54) is 0 Å². The molecule has 1 heterocycles. The zero-order chi connectivity index (χ0) is 11.8. The molecule has 4 nitrogen and oxygen atoms in total. The lowest BCUT2D eigenvalue weighted by Crippen LogP contribution is -2.42. The van der Waals surface area contributed by atoms with Gasteiger partial charge in [0, 0.05) is 18.3 Å². The molecule has 1 aromatic rings. The van der Waals surface area contributed by atoms with Gasteiger partial charge >= 0.3 is 5.97 Å². The number of carboxylic acid groups (broad SMARTS) is 1. The van der Waals surface area contributed by atoms with Crippen LogP contribution in [0.1, 0.15) is 23.5 Å². The summed E-state index contributed by atoms with van der Waals surface area (Å²) in [6, 6.07) is 0. The lowest BCUT2D eigenvalue weighted by atomic mass is 9.78. The van der Waals surface area contributed by atoms with Gasteiger partial charge in [-0.2, -0.15) is 0 Å². The van der Waals surface area contributed by atoms with Gasteiger partial charge in [0.25, 0.3) is 0 Å². The Hall–Kier alpha value is -0.940. The molecule has 0 aliphatic heterocycles. The molecule has 1 saturated carbocycles. The highest BCUT2D eigenvalue weighted by molar-refractivity contribution is 7.09. The first-order chi connectivity index (χ1) is 7.58. The molecule has 0 saturated heterocycles. The van der Waals surface area contributed by atoms with Crippen molar-refractivity contribution in [2.75, 3.05) is 6.54 Å². The van der Waals surface area contributed by atoms with Gasteiger partial charge in [0.05, 0.1) is 16.1 Å². The van der Waals surface area contributed by atoms with Crippen LogP contribution in [0.2, 0.25) is 0 Å².